The summed E-state index contributed by atoms with van der Waals surface area (Å²) in [4.78, 5) is 0. The van der Waals surface area contributed by atoms with Gasteiger partial charge in [0.25, 0.3) is 0 Å². The lowest BCUT2D eigenvalue weighted by Crippen LogP contribution is -2.22. The molecule has 0 aliphatic heterocycles. The SMILES string of the molecule is CCc1nnc(C)cc1-c1nncn1C(C)(C)C. The van der Waals surface area contributed by atoms with E-state index >= 15 is 0 Å². The molecule has 2 heterocycles. The maximum absolute atomic E-state index is 4.25. The van der Waals surface area contributed by atoms with Gasteiger partial charge in [-0.05, 0) is 40.2 Å². The summed E-state index contributed by atoms with van der Waals surface area (Å²) in [6.07, 6.45) is 2.60. The van der Waals surface area contributed by atoms with Gasteiger partial charge in [-0.1, -0.05) is 6.92 Å². The van der Waals surface area contributed by atoms with Crippen molar-refractivity contribution in [3.05, 3.63) is 23.8 Å². The topological polar surface area (TPSA) is 56.5 Å². The van der Waals surface area contributed by atoms with E-state index < -0.39 is 0 Å². The molecule has 0 saturated heterocycles. The van der Waals surface area contributed by atoms with E-state index in [0.29, 0.717) is 0 Å². The summed E-state index contributed by atoms with van der Waals surface area (Å²) < 4.78 is 2.07. The van der Waals surface area contributed by atoms with Crippen molar-refractivity contribution in [1.82, 2.24) is 25.0 Å². The molecule has 96 valence electrons. The van der Waals surface area contributed by atoms with E-state index in [9.17, 15) is 0 Å². The van der Waals surface area contributed by atoms with Gasteiger partial charge < -0.3 is 4.57 Å². The highest BCUT2D eigenvalue weighted by molar-refractivity contribution is 5.58. The molecule has 5 nitrogen and oxygen atoms in total. The second kappa shape index (κ2) is 4.48. The van der Waals surface area contributed by atoms with Gasteiger partial charge in [-0.2, -0.15) is 10.2 Å². The van der Waals surface area contributed by atoms with Gasteiger partial charge in [-0.15, -0.1) is 10.2 Å². The van der Waals surface area contributed by atoms with Crippen LogP contribution in [0.1, 0.15) is 39.1 Å². The highest BCUT2D eigenvalue weighted by atomic mass is 15.3. The Morgan fingerprint density at radius 1 is 1.17 bits per heavy atom. The Labute approximate surface area is 107 Å². The number of hydrogen-bond acceptors (Lipinski definition) is 4. The summed E-state index contributed by atoms with van der Waals surface area (Å²) >= 11 is 0. The normalized spacial score (nSPS) is 11.8. The predicted octanol–water partition coefficient (Wildman–Crippen LogP) is 2.36. The molecule has 0 N–H and O–H groups in total. The zero-order valence-corrected chi connectivity index (χ0v) is 11.6. The average Bonchev–Trinajstić information content (AvgIpc) is 2.77. The van der Waals surface area contributed by atoms with Crippen molar-refractivity contribution in [2.24, 2.45) is 0 Å². The first-order chi connectivity index (χ1) is 8.43. The fraction of sp³-hybridized carbons (Fsp3) is 0.538. The lowest BCUT2D eigenvalue weighted by molar-refractivity contribution is 0.399. The van der Waals surface area contributed by atoms with E-state index in [1.807, 2.05) is 13.0 Å². The van der Waals surface area contributed by atoms with Crippen LogP contribution in [0.25, 0.3) is 11.4 Å². The van der Waals surface area contributed by atoms with E-state index in [0.717, 1.165) is 29.2 Å². The smallest absolute Gasteiger partial charge is 0.166 e. The third kappa shape index (κ3) is 2.25. The molecular formula is C13H19N5. The molecule has 5 heteroatoms. The van der Waals surface area contributed by atoms with Gasteiger partial charge >= 0.3 is 0 Å². The van der Waals surface area contributed by atoms with Crippen molar-refractivity contribution in [3.63, 3.8) is 0 Å². The van der Waals surface area contributed by atoms with Gasteiger partial charge in [0.2, 0.25) is 0 Å². The third-order valence-corrected chi connectivity index (χ3v) is 2.84. The molecule has 0 amide bonds. The molecule has 0 unspecified atom stereocenters. The van der Waals surface area contributed by atoms with Crippen molar-refractivity contribution in [3.8, 4) is 11.4 Å². The first-order valence-electron chi connectivity index (χ1n) is 6.17. The fourth-order valence-corrected chi connectivity index (χ4v) is 1.88. The first kappa shape index (κ1) is 12.7. The quantitative estimate of drug-likeness (QED) is 0.815. The first-order valence-corrected chi connectivity index (χ1v) is 6.17. The van der Waals surface area contributed by atoms with Crippen LogP contribution in [-0.4, -0.2) is 25.0 Å². The average molecular weight is 245 g/mol. The van der Waals surface area contributed by atoms with Crippen molar-refractivity contribution in [1.29, 1.82) is 0 Å². The highest BCUT2D eigenvalue weighted by Gasteiger charge is 2.21. The van der Waals surface area contributed by atoms with Crippen LogP contribution >= 0.6 is 0 Å². The number of aryl methyl sites for hydroxylation is 2. The minimum atomic E-state index is -0.0545. The van der Waals surface area contributed by atoms with Crippen LogP contribution in [0.3, 0.4) is 0 Å². The molecule has 2 aromatic rings. The molecule has 0 bridgehead atoms. The van der Waals surface area contributed by atoms with E-state index in [1.54, 1.807) is 6.33 Å². The molecule has 18 heavy (non-hydrogen) atoms. The third-order valence-electron chi connectivity index (χ3n) is 2.84. The van der Waals surface area contributed by atoms with Crippen LogP contribution < -0.4 is 0 Å². The van der Waals surface area contributed by atoms with E-state index in [-0.39, 0.29) is 5.54 Å². The van der Waals surface area contributed by atoms with Crippen LogP contribution in [0.2, 0.25) is 0 Å². The van der Waals surface area contributed by atoms with Crippen LogP contribution in [0.4, 0.5) is 0 Å². The number of rotatable bonds is 2. The zero-order chi connectivity index (χ0) is 13.3. The standard InChI is InChI=1S/C13H19N5/c1-6-11-10(7-9(2)15-16-11)12-17-14-8-18(12)13(3,4)5/h7-8H,6H2,1-5H3. The summed E-state index contributed by atoms with van der Waals surface area (Å²) in [6, 6.07) is 2.03. The van der Waals surface area contributed by atoms with Gasteiger partial charge in [0.15, 0.2) is 5.82 Å². The van der Waals surface area contributed by atoms with Crippen molar-refractivity contribution < 1.29 is 0 Å². The van der Waals surface area contributed by atoms with E-state index in [4.69, 9.17) is 0 Å². The van der Waals surface area contributed by atoms with Gasteiger partial charge in [-0.3, -0.25) is 0 Å². The van der Waals surface area contributed by atoms with Crippen LogP contribution in [0.15, 0.2) is 12.4 Å². The molecule has 0 radical (unpaired) electrons. The van der Waals surface area contributed by atoms with Gasteiger partial charge in [0, 0.05) is 11.1 Å². The van der Waals surface area contributed by atoms with Crippen LogP contribution in [0.5, 0.6) is 0 Å². The summed E-state index contributed by atoms with van der Waals surface area (Å²) in [6.45, 7) is 10.4. The summed E-state index contributed by atoms with van der Waals surface area (Å²) in [7, 11) is 0. The molecule has 0 saturated carbocycles. The number of aromatic nitrogens is 5. The lowest BCUT2D eigenvalue weighted by atomic mass is 10.1. The molecule has 0 atom stereocenters. The Balaban J connectivity index is 2.62. The summed E-state index contributed by atoms with van der Waals surface area (Å²) in [5.41, 5.74) is 2.82. The van der Waals surface area contributed by atoms with Crippen LogP contribution in [0, 0.1) is 6.92 Å². The second-order valence-electron chi connectivity index (χ2n) is 5.40. The van der Waals surface area contributed by atoms with Gasteiger partial charge in [-0.25, -0.2) is 0 Å². The minimum absolute atomic E-state index is 0.0545. The molecular weight excluding hydrogens is 226 g/mol. The minimum Gasteiger partial charge on any atom is -0.308 e. The van der Waals surface area contributed by atoms with Crippen LogP contribution in [-0.2, 0) is 12.0 Å². The summed E-state index contributed by atoms with van der Waals surface area (Å²) in [5, 5.41) is 16.6. The van der Waals surface area contributed by atoms with E-state index in [1.165, 1.54) is 0 Å². The molecule has 0 aromatic carbocycles. The Hall–Kier alpha value is -1.78. The molecule has 0 spiro atoms. The number of nitrogens with zero attached hydrogens (tertiary/aromatic N) is 5. The van der Waals surface area contributed by atoms with Gasteiger partial charge in [0.05, 0.1) is 11.4 Å². The van der Waals surface area contributed by atoms with Crippen molar-refractivity contribution >= 4 is 0 Å². The fourth-order valence-electron chi connectivity index (χ4n) is 1.88. The Kier molecular flexibility index (Phi) is 3.15. The maximum atomic E-state index is 4.25. The molecule has 2 aromatic heterocycles. The summed E-state index contributed by atoms with van der Waals surface area (Å²) in [5.74, 6) is 0.859. The Morgan fingerprint density at radius 3 is 2.50 bits per heavy atom. The highest BCUT2D eigenvalue weighted by Crippen LogP contribution is 2.25. The van der Waals surface area contributed by atoms with Crippen molar-refractivity contribution in [2.75, 3.05) is 0 Å². The second-order valence-corrected chi connectivity index (χ2v) is 5.40. The Bertz CT molecular complexity index is 551. The zero-order valence-electron chi connectivity index (χ0n) is 11.6. The Morgan fingerprint density at radius 2 is 1.89 bits per heavy atom. The number of hydrogen-bond donors (Lipinski definition) is 0. The molecule has 2 rings (SSSR count). The molecule has 0 fully saturated rings. The molecule has 0 aliphatic carbocycles. The largest absolute Gasteiger partial charge is 0.308 e. The van der Waals surface area contributed by atoms with Gasteiger partial charge in [0.1, 0.15) is 6.33 Å². The monoisotopic (exact) mass is 245 g/mol. The predicted molar refractivity (Wildman–Crippen MR) is 70.2 cm³/mol. The van der Waals surface area contributed by atoms with E-state index in [2.05, 4.69) is 52.7 Å². The van der Waals surface area contributed by atoms with Crippen molar-refractivity contribution in [2.45, 2.75) is 46.6 Å². The lowest BCUT2D eigenvalue weighted by Gasteiger charge is -2.22. The maximum Gasteiger partial charge on any atom is 0.166 e. The molecule has 0 aliphatic rings.